The van der Waals surface area contributed by atoms with Crippen LogP contribution < -0.4 is 5.32 Å². The largest absolute Gasteiger partial charge is 0.336 e. The monoisotopic (exact) mass is 226 g/mol. The van der Waals surface area contributed by atoms with E-state index in [1.54, 1.807) is 4.90 Å². The van der Waals surface area contributed by atoms with Gasteiger partial charge in [0.2, 0.25) is 0 Å². The molecule has 0 aromatic rings. The van der Waals surface area contributed by atoms with Gasteiger partial charge in [0.15, 0.2) is 5.78 Å². The Balaban J connectivity index is 2.96. The summed E-state index contributed by atoms with van der Waals surface area (Å²) in [6.45, 7) is 11.0. The zero-order chi connectivity index (χ0) is 12.5. The number of ketones is 1. The third-order valence-electron chi connectivity index (χ3n) is 2.86. The molecule has 1 N–H and O–H groups in total. The molecule has 1 saturated heterocycles. The minimum Gasteiger partial charge on any atom is -0.336 e. The lowest BCUT2D eigenvalue weighted by Gasteiger charge is -2.37. The minimum atomic E-state index is -0.324. The molecule has 0 aliphatic carbocycles. The van der Waals surface area contributed by atoms with Gasteiger partial charge in [-0.25, -0.2) is 4.79 Å². The van der Waals surface area contributed by atoms with Gasteiger partial charge >= 0.3 is 6.03 Å². The van der Waals surface area contributed by atoms with Crippen LogP contribution in [0.3, 0.4) is 0 Å². The van der Waals surface area contributed by atoms with Gasteiger partial charge in [-0.1, -0.05) is 34.6 Å². The molecule has 0 radical (unpaired) electrons. The number of Topliss-reactive ketones (excluding diaryl/α,β-unsaturated/α-hetero) is 1. The highest BCUT2D eigenvalue weighted by atomic mass is 16.2. The highest BCUT2D eigenvalue weighted by Crippen LogP contribution is 2.28. The van der Waals surface area contributed by atoms with Crippen molar-refractivity contribution in [2.75, 3.05) is 13.1 Å². The molecule has 92 valence electrons. The summed E-state index contributed by atoms with van der Waals surface area (Å²) in [5, 5.41) is 2.75. The van der Waals surface area contributed by atoms with Crippen LogP contribution in [0.15, 0.2) is 0 Å². The Hall–Kier alpha value is -1.06. The second-order valence-corrected chi connectivity index (χ2v) is 5.75. The van der Waals surface area contributed by atoms with Crippen molar-refractivity contribution in [1.29, 1.82) is 0 Å². The number of urea groups is 1. The summed E-state index contributed by atoms with van der Waals surface area (Å²) in [6.07, 6.45) is 0. The summed E-state index contributed by atoms with van der Waals surface area (Å²) in [7, 11) is 0. The molecule has 4 nitrogen and oxygen atoms in total. The van der Waals surface area contributed by atoms with E-state index in [4.69, 9.17) is 0 Å². The molecule has 1 fully saturated rings. The first-order valence-corrected chi connectivity index (χ1v) is 5.83. The Labute approximate surface area is 97.4 Å². The first-order chi connectivity index (χ1) is 7.25. The molecule has 0 saturated carbocycles. The molecule has 0 spiro atoms. The van der Waals surface area contributed by atoms with E-state index in [0.717, 1.165) is 0 Å². The second-order valence-electron chi connectivity index (χ2n) is 5.75. The normalized spacial score (nSPS) is 18.9. The fraction of sp³-hybridized carbons (Fsp3) is 0.833. The van der Waals surface area contributed by atoms with Gasteiger partial charge < -0.3 is 10.2 Å². The molecule has 1 aliphatic heterocycles. The molecule has 2 amide bonds. The van der Waals surface area contributed by atoms with Gasteiger partial charge in [-0.15, -0.1) is 0 Å². The number of hydrogen-bond donors (Lipinski definition) is 1. The summed E-state index contributed by atoms with van der Waals surface area (Å²) in [4.78, 5) is 25.5. The number of hydrogen-bond acceptors (Lipinski definition) is 2. The maximum Gasteiger partial charge on any atom is 0.318 e. The summed E-state index contributed by atoms with van der Waals surface area (Å²) in [5.41, 5.74) is -0.219. The van der Waals surface area contributed by atoms with Crippen LogP contribution in [0.4, 0.5) is 4.79 Å². The second kappa shape index (κ2) is 4.44. The van der Waals surface area contributed by atoms with Crippen molar-refractivity contribution >= 4 is 11.8 Å². The van der Waals surface area contributed by atoms with E-state index in [2.05, 4.69) is 5.32 Å². The maximum absolute atomic E-state index is 12.2. The third kappa shape index (κ3) is 2.54. The summed E-state index contributed by atoms with van der Waals surface area (Å²) in [6, 6.07) is -0.441. The Bertz CT molecular complexity index is 292. The molecule has 0 bridgehead atoms. The molecule has 1 rings (SSSR count). The standard InChI is InChI=1S/C12H22N2O2/c1-8(2)9(15)10(12(3,4)5)14-7-6-13-11(14)16/h8,10H,6-7H2,1-5H3,(H,13,16). The van der Waals surface area contributed by atoms with E-state index in [0.29, 0.717) is 13.1 Å². The lowest BCUT2D eigenvalue weighted by molar-refractivity contribution is -0.129. The van der Waals surface area contributed by atoms with E-state index < -0.39 is 0 Å². The molecule has 1 unspecified atom stereocenters. The van der Waals surface area contributed by atoms with Crippen LogP contribution >= 0.6 is 0 Å². The molecular formula is C12H22N2O2. The Morgan fingerprint density at radius 2 is 1.94 bits per heavy atom. The number of nitrogens with zero attached hydrogens (tertiary/aromatic N) is 1. The smallest absolute Gasteiger partial charge is 0.318 e. The van der Waals surface area contributed by atoms with Crippen molar-refractivity contribution in [3.05, 3.63) is 0 Å². The zero-order valence-electron chi connectivity index (χ0n) is 10.8. The number of amides is 2. The Morgan fingerprint density at radius 3 is 2.25 bits per heavy atom. The molecular weight excluding hydrogens is 204 g/mol. The fourth-order valence-corrected chi connectivity index (χ4v) is 2.10. The topological polar surface area (TPSA) is 49.4 Å². The van der Waals surface area contributed by atoms with Crippen LogP contribution in [0.2, 0.25) is 0 Å². The Kier molecular flexibility index (Phi) is 3.61. The lowest BCUT2D eigenvalue weighted by atomic mass is 9.80. The number of carbonyl (C=O) groups is 2. The van der Waals surface area contributed by atoms with E-state index >= 15 is 0 Å². The van der Waals surface area contributed by atoms with Crippen LogP contribution in [0.1, 0.15) is 34.6 Å². The van der Waals surface area contributed by atoms with Crippen molar-refractivity contribution in [2.45, 2.75) is 40.7 Å². The van der Waals surface area contributed by atoms with Crippen LogP contribution in [0.25, 0.3) is 0 Å². The molecule has 1 aliphatic rings. The van der Waals surface area contributed by atoms with Crippen molar-refractivity contribution in [2.24, 2.45) is 11.3 Å². The third-order valence-corrected chi connectivity index (χ3v) is 2.86. The quantitative estimate of drug-likeness (QED) is 0.795. The highest BCUT2D eigenvalue weighted by Gasteiger charge is 2.41. The molecule has 1 atom stereocenters. The first kappa shape index (κ1) is 13.0. The molecule has 16 heavy (non-hydrogen) atoms. The number of nitrogens with one attached hydrogen (secondary N) is 1. The van der Waals surface area contributed by atoms with E-state index in [-0.39, 0.29) is 29.2 Å². The first-order valence-electron chi connectivity index (χ1n) is 5.83. The van der Waals surface area contributed by atoms with E-state index in [1.165, 1.54) is 0 Å². The van der Waals surface area contributed by atoms with Crippen molar-refractivity contribution in [3.8, 4) is 0 Å². The van der Waals surface area contributed by atoms with Crippen molar-refractivity contribution in [1.82, 2.24) is 10.2 Å². The average molecular weight is 226 g/mol. The van der Waals surface area contributed by atoms with E-state index in [1.807, 2.05) is 34.6 Å². The van der Waals surface area contributed by atoms with E-state index in [9.17, 15) is 9.59 Å². The summed E-state index contributed by atoms with van der Waals surface area (Å²) in [5.74, 6) is 0.0992. The summed E-state index contributed by atoms with van der Waals surface area (Å²) < 4.78 is 0. The zero-order valence-corrected chi connectivity index (χ0v) is 10.8. The van der Waals surface area contributed by atoms with Gasteiger partial charge in [-0.2, -0.15) is 0 Å². The minimum absolute atomic E-state index is 0.0439. The van der Waals surface area contributed by atoms with Crippen LogP contribution in [-0.2, 0) is 4.79 Å². The lowest BCUT2D eigenvalue weighted by Crippen LogP contribution is -2.52. The van der Waals surface area contributed by atoms with Crippen LogP contribution in [-0.4, -0.2) is 35.8 Å². The predicted octanol–water partition coefficient (Wildman–Crippen LogP) is 1.65. The van der Waals surface area contributed by atoms with Crippen LogP contribution in [0.5, 0.6) is 0 Å². The van der Waals surface area contributed by atoms with Gasteiger partial charge in [-0.05, 0) is 5.41 Å². The van der Waals surface area contributed by atoms with Crippen molar-refractivity contribution in [3.63, 3.8) is 0 Å². The van der Waals surface area contributed by atoms with Gasteiger partial charge in [0, 0.05) is 19.0 Å². The van der Waals surface area contributed by atoms with Gasteiger partial charge in [0.05, 0.1) is 6.04 Å². The number of carbonyl (C=O) groups excluding carboxylic acids is 2. The number of rotatable bonds is 3. The SMILES string of the molecule is CC(C)C(=O)C(N1CCNC1=O)C(C)(C)C. The van der Waals surface area contributed by atoms with Gasteiger partial charge in [-0.3, -0.25) is 4.79 Å². The van der Waals surface area contributed by atoms with Crippen molar-refractivity contribution < 1.29 is 9.59 Å². The highest BCUT2D eigenvalue weighted by molar-refractivity contribution is 5.91. The summed E-state index contributed by atoms with van der Waals surface area (Å²) >= 11 is 0. The van der Waals surface area contributed by atoms with Gasteiger partial charge in [0.25, 0.3) is 0 Å². The molecule has 0 aromatic carbocycles. The fourth-order valence-electron chi connectivity index (χ4n) is 2.10. The maximum atomic E-state index is 12.2. The Morgan fingerprint density at radius 1 is 1.38 bits per heavy atom. The van der Waals surface area contributed by atoms with Crippen LogP contribution in [0, 0.1) is 11.3 Å². The molecule has 4 heteroatoms. The average Bonchev–Trinajstić information content (AvgIpc) is 2.50. The molecule has 1 heterocycles. The van der Waals surface area contributed by atoms with Gasteiger partial charge in [0.1, 0.15) is 0 Å². The predicted molar refractivity (Wildman–Crippen MR) is 63.2 cm³/mol. The molecule has 0 aromatic heterocycles.